The number of carbonyl (C=O) groups is 1. The molecule has 0 spiro atoms. The number of thiophene rings is 1. The van der Waals surface area contributed by atoms with Gasteiger partial charge in [-0.05, 0) is 30.4 Å². The van der Waals surface area contributed by atoms with Crippen LogP contribution in [0.4, 0.5) is 0 Å². The van der Waals surface area contributed by atoms with Crippen LogP contribution in [0.15, 0.2) is 23.6 Å². The fourth-order valence-corrected chi connectivity index (χ4v) is 4.13. The number of amides is 1. The number of carbonyl (C=O) groups excluding carboxylic acids is 1. The zero-order valence-corrected chi connectivity index (χ0v) is 15.0. The van der Waals surface area contributed by atoms with Crippen LogP contribution in [-0.4, -0.2) is 74.4 Å². The third-order valence-corrected chi connectivity index (χ3v) is 5.65. The van der Waals surface area contributed by atoms with E-state index >= 15 is 0 Å². The third kappa shape index (κ3) is 4.45. The molecule has 1 aromatic heterocycles. The second kappa shape index (κ2) is 8.76. The molecule has 6 heteroatoms. The molecule has 2 unspecified atom stereocenters. The average Bonchev–Trinajstić information content (AvgIpc) is 3.03. The summed E-state index contributed by atoms with van der Waals surface area (Å²) in [5.74, 6) is 0.102. The van der Waals surface area contributed by atoms with Gasteiger partial charge < -0.3 is 14.4 Å². The summed E-state index contributed by atoms with van der Waals surface area (Å²) in [7, 11) is 1.74. The Balaban J connectivity index is 1.58. The second-order valence-electron chi connectivity index (χ2n) is 6.26. The molecule has 2 aliphatic heterocycles. The summed E-state index contributed by atoms with van der Waals surface area (Å²) in [6.45, 7) is 4.98. The van der Waals surface area contributed by atoms with Crippen molar-refractivity contribution in [3.63, 3.8) is 0 Å². The van der Waals surface area contributed by atoms with Gasteiger partial charge in [0.2, 0.25) is 5.91 Å². The largest absolute Gasteiger partial charge is 0.383 e. The minimum absolute atomic E-state index is 0.102. The summed E-state index contributed by atoms with van der Waals surface area (Å²) < 4.78 is 11.2. The van der Waals surface area contributed by atoms with Crippen LogP contribution in [-0.2, 0) is 14.3 Å². The lowest BCUT2D eigenvalue weighted by Gasteiger charge is -2.40. The highest BCUT2D eigenvalue weighted by atomic mass is 32.1. The molecule has 1 aromatic rings. The highest BCUT2D eigenvalue weighted by Crippen LogP contribution is 2.24. The molecule has 24 heavy (non-hydrogen) atoms. The van der Waals surface area contributed by atoms with Crippen molar-refractivity contribution < 1.29 is 14.3 Å². The fraction of sp³-hybridized carbons (Fsp3) is 0.611. The van der Waals surface area contributed by atoms with E-state index in [1.807, 2.05) is 28.5 Å². The van der Waals surface area contributed by atoms with E-state index in [2.05, 4.69) is 4.90 Å². The molecule has 2 aliphatic rings. The van der Waals surface area contributed by atoms with Gasteiger partial charge in [0.1, 0.15) is 0 Å². The number of ether oxygens (including phenoxy) is 2. The van der Waals surface area contributed by atoms with Crippen LogP contribution in [0.1, 0.15) is 17.7 Å². The minimum Gasteiger partial charge on any atom is -0.383 e. The van der Waals surface area contributed by atoms with Crippen molar-refractivity contribution in [2.75, 3.05) is 46.5 Å². The molecular weight excluding hydrogens is 324 g/mol. The number of nitrogens with zero attached hydrogens (tertiary/aromatic N) is 2. The number of fused-ring (bicyclic) bond motifs is 1. The van der Waals surface area contributed by atoms with Crippen molar-refractivity contribution in [1.82, 2.24) is 9.80 Å². The lowest BCUT2D eigenvalue weighted by molar-refractivity contribution is -0.126. The molecule has 5 nitrogen and oxygen atoms in total. The number of rotatable bonds is 5. The summed E-state index contributed by atoms with van der Waals surface area (Å²) in [6, 6.07) is 4.41. The zero-order valence-electron chi connectivity index (χ0n) is 14.2. The average molecular weight is 350 g/mol. The van der Waals surface area contributed by atoms with Gasteiger partial charge in [0.05, 0.1) is 19.3 Å². The highest BCUT2D eigenvalue weighted by Gasteiger charge is 2.35. The van der Waals surface area contributed by atoms with Crippen LogP contribution < -0.4 is 0 Å². The van der Waals surface area contributed by atoms with E-state index in [1.165, 1.54) is 0 Å². The lowest BCUT2D eigenvalue weighted by atomic mass is 10.0. The van der Waals surface area contributed by atoms with E-state index in [0.29, 0.717) is 6.04 Å². The Kier molecular flexibility index (Phi) is 6.43. The summed E-state index contributed by atoms with van der Waals surface area (Å²) in [5.41, 5.74) is 0. The molecule has 132 valence electrons. The van der Waals surface area contributed by atoms with Crippen molar-refractivity contribution in [2.45, 2.75) is 25.0 Å². The SMILES string of the molecule is COCCN1CCOC2CCN(C(=O)/C=C/c3cccs3)CCC21. The first-order valence-corrected chi connectivity index (χ1v) is 9.51. The summed E-state index contributed by atoms with van der Waals surface area (Å²) in [5, 5.41) is 2.02. The second-order valence-corrected chi connectivity index (χ2v) is 7.24. The Morgan fingerprint density at radius 1 is 1.42 bits per heavy atom. The van der Waals surface area contributed by atoms with E-state index in [4.69, 9.17) is 9.47 Å². The molecular formula is C18H26N2O3S. The first-order valence-electron chi connectivity index (χ1n) is 8.63. The van der Waals surface area contributed by atoms with Gasteiger partial charge in [0.15, 0.2) is 0 Å². The molecule has 2 fully saturated rings. The van der Waals surface area contributed by atoms with Crippen molar-refractivity contribution in [3.8, 4) is 0 Å². The smallest absolute Gasteiger partial charge is 0.246 e. The first-order chi connectivity index (χ1) is 11.8. The maximum atomic E-state index is 12.5. The van der Waals surface area contributed by atoms with Gasteiger partial charge in [-0.3, -0.25) is 9.69 Å². The van der Waals surface area contributed by atoms with Crippen LogP contribution in [0.2, 0.25) is 0 Å². The Morgan fingerprint density at radius 3 is 3.08 bits per heavy atom. The first kappa shape index (κ1) is 17.6. The molecule has 0 N–H and O–H groups in total. The lowest BCUT2D eigenvalue weighted by Crippen LogP contribution is -2.52. The fourth-order valence-electron chi connectivity index (χ4n) is 3.51. The molecule has 0 aliphatic carbocycles. The van der Waals surface area contributed by atoms with Crippen LogP contribution in [0.3, 0.4) is 0 Å². The Hall–Kier alpha value is -1.21. The van der Waals surface area contributed by atoms with Gasteiger partial charge in [-0.15, -0.1) is 11.3 Å². The van der Waals surface area contributed by atoms with E-state index in [-0.39, 0.29) is 12.0 Å². The zero-order chi connectivity index (χ0) is 16.8. The molecule has 2 saturated heterocycles. The number of hydrogen-bond acceptors (Lipinski definition) is 5. The number of hydrogen-bond donors (Lipinski definition) is 0. The van der Waals surface area contributed by atoms with E-state index in [1.54, 1.807) is 24.5 Å². The van der Waals surface area contributed by atoms with Crippen molar-refractivity contribution >= 4 is 23.3 Å². The Labute approximate surface area is 147 Å². The van der Waals surface area contributed by atoms with Crippen LogP contribution in [0.25, 0.3) is 6.08 Å². The molecule has 3 heterocycles. The number of methoxy groups -OCH3 is 1. The maximum Gasteiger partial charge on any atom is 0.246 e. The van der Waals surface area contributed by atoms with Crippen LogP contribution in [0, 0.1) is 0 Å². The topological polar surface area (TPSA) is 42.0 Å². The quantitative estimate of drug-likeness (QED) is 0.763. The molecule has 0 aromatic carbocycles. The van der Waals surface area contributed by atoms with E-state index < -0.39 is 0 Å². The molecule has 1 amide bonds. The van der Waals surface area contributed by atoms with Crippen molar-refractivity contribution in [3.05, 3.63) is 28.5 Å². The summed E-state index contributed by atoms with van der Waals surface area (Å²) in [4.78, 5) is 18.0. The minimum atomic E-state index is 0.102. The third-order valence-electron chi connectivity index (χ3n) is 4.81. The molecule has 0 radical (unpaired) electrons. The Bertz CT molecular complexity index is 546. The molecule has 3 rings (SSSR count). The molecule has 0 bridgehead atoms. The standard InChI is InChI=1S/C18H26N2O3S/c1-22-12-10-19-11-13-23-17-7-9-20(8-6-16(17)19)18(21)5-4-15-3-2-14-24-15/h2-5,14,16-17H,6-13H2,1H3/b5-4+. The normalized spacial score (nSPS) is 25.6. The van der Waals surface area contributed by atoms with E-state index in [0.717, 1.165) is 57.1 Å². The van der Waals surface area contributed by atoms with Gasteiger partial charge in [0.25, 0.3) is 0 Å². The predicted octanol–water partition coefficient (Wildman–Crippen LogP) is 2.10. The van der Waals surface area contributed by atoms with Crippen molar-refractivity contribution in [1.29, 1.82) is 0 Å². The number of morpholine rings is 1. The van der Waals surface area contributed by atoms with Gasteiger partial charge in [0, 0.05) is 50.3 Å². The monoisotopic (exact) mass is 350 g/mol. The van der Waals surface area contributed by atoms with Crippen LogP contribution >= 0.6 is 11.3 Å². The number of likely N-dealkylation sites (tertiary alicyclic amines) is 1. The van der Waals surface area contributed by atoms with Gasteiger partial charge in [-0.1, -0.05) is 6.07 Å². The molecule has 2 atom stereocenters. The van der Waals surface area contributed by atoms with Gasteiger partial charge >= 0.3 is 0 Å². The summed E-state index contributed by atoms with van der Waals surface area (Å²) >= 11 is 1.64. The predicted molar refractivity (Wildman–Crippen MR) is 96.1 cm³/mol. The maximum absolute atomic E-state index is 12.5. The van der Waals surface area contributed by atoms with Gasteiger partial charge in [-0.25, -0.2) is 0 Å². The van der Waals surface area contributed by atoms with Crippen molar-refractivity contribution in [2.24, 2.45) is 0 Å². The van der Waals surface area contributed by atoms with Gasteiger partial charge in [-0.2, -0.15) is 0 Å². The van der Waals surface area contributed by atoms with E-state index in [9.17, 15) is 4.79 Å². The van der Waals surface area contributed by atoms with Crippen LogP contribution in [0.5, 0.6) is 0 Å². The Morgan fingerprint density at radius 2 is 2.29 bits per heavy atom. The molecule has 0 saturated carbocycles. The summed E-state index contributed by atoms with van der Waals surface area (Å²) in [6.07, 6.45) is 5.71. The highest BCUT2D eigenvalue weighted by molar-refractivity contribution is 7.10.